The monoisotopic (exact) mass is 270 g/mol. The molecule has 1 fully saturated rings. The molecule has 0 amide bonds. The lowest BCUT2D eigenvalue weighted by Gasteiger charge is -2.27. The van der Waals surface area contributed by atoms with Crippen molar-refractivity contribution in [1.29, 1.82) is 0 Å². The summed E-state index contributed by atoms with van der Waals surface area (Å²) in [6.07, 6.45) is 1.18. The van der Waals surface area contributed by atoms with Crippen LogP contribution in [0.1, 0.15) is 33.1 Å². The molecule has 2 N–H and O–H groups in total. The molecular formula is C12H21BNO5. The van der Waals surface area contributed by atoms with E-state index in [0.29, 0.717) is 18.9 Å². The first-order valence-corrected chi connectivity index (χ1v) is 6.57. The van der Waals surface area contributed by atoms with Gasteiger partial charge in [-0.05, 0) is 18.8 Å². The summed E-state index contributed by atoms with van der Waals surface area (Å²) in [5.41, 5.74) is 0. The minimum Gasteiger partial charge on any atom is -0.481 e. The molecule has 1 saturated heterocycles. The van der Waals surface area contributed by atoms with Crippen LogP contribution < -0.4 is 5.32 Å². The van der Waals surface area contributed by atoms with Crippen molar-refractivity contribution in [2.24, 2.45) is 5.92 Å². The van der Waals surface area contributed by atoms with E-state index in [9.17, 15) is 9.59 Å². The Kier molecular flexibility index (Phi) is 6.87. The summed E-state index contributed by atoms with van der Waals surface area (Å²) >= 11 is 0. The largest absolute Gasteiger partial charge is 0.481 e. The molecule has 2 atom stereocenters. The van der Waals surface area contributed by atoms with E-state index in [0.717, 1.165) is 6.42 Å². The Balaban J connectivity index is 2.12. The molecule has 0 aliphatic carbocycles. The van der Waals surface area contributed by atoms with Gasteiger partial charge in [-0.15, -0.1) is 0 Å². The van der Waals surface area contributed by atoms with Crippen molar-refractivity contribution in [2.45, 2.75) is 45.2 Å². The first-order chi connectivity index (χ1) is 8.97. The van der Waals surface area contributed by atoms with Gasteiger partial charge in [0, 0.05) is 5.94 Å². The number of hydrogen-bond acceptors (Lipinski definition) is 5. The van der Waals surface area contributed by atoms with Crippen LogP contribution in [0.3, 0.4) is 0 Å². The standard InChI is InChI=1S/C12H21BNO5/c1-8(2)7-18-12(17)6-14-10-4-3-9(19-13-10)5-11(15)16/h8-10,14H,3-7H2,1-2H3,(H,15,16). The number of carboxylic acid groups (broad SMARTS) is 1. The second-order valence-electron chi connectivity index (χ2n) is 5.13. The smallest absolute Gasteiger partial charge is 0.319 e. The maximum Gasteiger partial charge on any atom is 0.319 e. The van der Waals surface area contributed by atoms with E-state index in [1.807, 2.05) is 13.8 Å². The summed E-state index contributed by atoms with van der Waals surface area (Å²) in [5.74, 6) is -0.848. The van der Waals surface area contributed by atoms with Crippen LogP contribution in [0.5, 0.6) is 0 Å². The van der Waals surface area contributed by atoms with Crippen LogP contribution in [0, 0.1) is 5.92 Å². The van der Waals surface area contributed by atoms with E-state index in [1.54, 1.807) is 7.48 Å². The van der Waals surface area contributed by atoms with Crippen molar-refractivity contribution < 1.29 is 24.1 Å². The molecule has 0 aromatic rings. The van der Waals surface area contributed by atoms with E-state index < -0.39 is 5.97 Å². The van der Waals surface area contributed by atoms with Crippen LogP contribution in [-0.2, 0) is 19.0 Å². The number of carboxylic acids is 1. The number of nitrogens with one attached hydrogen (secondary N) is 1. The number of esters is 1. The van der Waals surface area contributed by atoms with E-state index in [2.05, 4.69) is 5.32 Å². The number of hydrogen-bond donors (Lipinski definition) is 2. The molecule has 107 valence electrons. The highest BCUT2D eigenvalue weighted by Crippen LogP contribution is 2.14. The van der Waals surface area contributed by atoms with Gasteiger partial charge >= 0.3 is 19.4 Å². The predicted molar refractivity (Wildman–Crippen MR) is 69.7 cm³/mol. The third-order valence-electron chi connectivity index (χ3n) is 2.72. The fourth-order valence-electron chi connectivity index (χ4n) is 1.73. The Labute approximate surface area is 114 Å². The molecule has 0 spiro atoms. The molecule has 1 radical (unpaired) electrons. The highest BCUT2D eigenvalue weighted by Gasteiger charge is 2.25. The van der Waals surface area contributed by atoms with Gasteiger partial charge in [-0.1, -0.05) is 13.8 Å². The summed E-state index contributed by atoms with van der Waals surface area (Å²) in [5, 5.41) is 11.7. The Hall–Kier alpha value is -1.08. The molecule has 0 bridgehead atoms. The average molecular weight is 270 g/mol. The lowest BCUT2D eigenvalue weighted by atomic mass is 9.79. The van der Waals surface area contributed by atoms with Gasteiger partial charge in [-0.3, -0.25) is 9.59 Å². The summed E-state index contributed by atoms with van der Waals surface area (Å²) < 4.78 is 10.3. The minimum absolute atomic E-state index is 0.0135. The highest BCUT2D eigenvalue weighted by atomic mass is 16.5. The number of rotatable bonds is 7. The molecule has 1 heterocycles. The Morgan fingerprint density at radius 3 is 2.74 bits per heavy atom. The summed E-state index contributed by atoms with van der Waals surface area (Å²) in [7, 11) is 1.58. The second kappa shape index (κ2) is 8.17. The molecule has 7 heteroatoms. The lowest BCUT2D eigenvalue weighted by molar-refractivity contribution is -0.143. The van der Waals surface area contributed by atoms with Crippen molar-refractivity contribution in [3.8, 4) is 0 Å². The number of carbonyl (C=O) groups excluding carboxylic acids is 1. The summed E-state index contributed by atoms with van der Waals surface area (Å²) in [6, 6.07) is 0. The SMILES string of the molecule is CC(C)COC(=O)CNC1[B]OC(CC(=O)O)CC1. The van der Waals surface area contributed by atoms with Crippen LogP contribution in [0.2, 0.25) is 0 Å². The van der Waals surface area contributed by atoms with E-state index >= 15 is 0 Å². The van der Waals surface area contributed by atoms with Crippen LogP contribution in [0.15, 0.2) is 0 Å². The highest BCUT2D eigenvalue weighted by molar-refractivity contribution is 6.30. The fourth-order valence-corrected chi connectivity index (χ4v) is 1.73. The molecule has 0 saturated carbocycles. The van der Waals surface area contributed by atoms with Gasteiger partial charge in [0.2, 0.25) is 0 Å². The van der Waals surface area contributed by atoms with Gasteiger partial charge in [0.15, 0.2) is 0 Å². The van der Waals surface area contributed by atoms with Gasteiger partial charge in [0.05, 0.1) is 25.7 Å². The molecule has 0 aromatic carbocycles. The zero-order chi connectivity index (χ0) is 14.3. The summed E-state index contributed by atoms with van der Waals surface area (Å²) in [6.45, 7) is 4.52. The van der Waals surface area contributed by atoms with Crippen molar-refractivity contribution in [3.05, 3.63) is 0 Å². The van der Waals surface area contributed by atoms with Crippen molar-refractivity contribution in [3.63, 3.8) is 0 Å². The topological polar surface area (TPSA) is 84.9 Å². The van der Waals surface area contributed by atoms with Crippen LogP contribution in [0.25, 0.3) is 0 Å². The van der Waals surface area contributed by atoms with Gasteiger partial charge in [-0.2, -0.15) is 0 Å². The maximum atomic E-state index is 11.4. The van der Waals surface area contributed by atoms with E-state index in [-0.39, 0.29) is 31.0 Å². The molecule has 1 rings (SSSR count). The molecule has 1 aliphatic rings. The van der Waals surface area contributed by atoms with Crippen molar-refractivity contribution >= 4 is 19.4 Å². The Bertz CT molecular complexity index is 302. The van der Waals surface area contributed by atoms with Crippen LogP contribution >= 0.6 is 0 Å². The van der Waals surface area contributed by atoms with Crippen molar-refractivity contribution in [1.82, 2.24) is 5.32 Å². The third-order valence-corrected chi connectivity index (χ3v) is 2.72. The Morgan fingerprint density at radius 1 is 1.47 bits per heavy atom. The van der Waals surface area contributed by atoms with E-state index in [1.165, 1.54) is 0 Å². The lowest BCUT2D eigenvalue weighted by Crippen LogP contribution is -2.44. The first-order valence-electron chi connectivity index (χ1n) is 6.57. The summed E-state index contributed by atoms with van der Waals surface area (Å²) in [4.78, 5) is 21.9. The predicted octanol–water partition coefficient (Wildman–Crippen LogP) is 0.374. The fraction of sp³-hybridized carbons (Fsp3) is 0.833. The molecule has 19 heavy (non-hydrogen) atoms. The molecule has 6 nitrogen and oxygen atoms in total. The Morgan fingerprint density at radius 2 is 2.21 bits per heavy atom. The molecule has 0 aromatic heterocycles. The number of ether oxygens (including phenoxy) is 1. The molecule has 1 aliphatic heterocycles. The number of aliphatic carboxylic acids is 1. The second-order valence-corrected chi connectivity index (χ2v) is 5.13. The van der Waals surface area contributed by atoms with Crippen molar-refractivity contribution in [2.75, 3.05) is 13.2 Å². The number of carbonyl (C=O) groups is 2. The zero-order valence-electron chi connectivity index (χ0n) is 11.4. The maximum absolute atomic E-state index is 11.4. The average Bonchev–Trinajstić information content (AvgIpc) is 2.35. The molecule has 2 unspecified atom stereocenters. The first kappa shape index (κ1) is 16.0. The normalized spacial score (nSPS) is 22.9. The van der Waals surface area contributed by atoms with Crippen LogP contribution in [0.4, 0.5) is 0 Å². The van der Waals surface area contributed by atoms with Gasteiger partial charge in [-0.25, -0.2) is 0 Å². The van der Waals surface area contributed by atoms with Gasteiger partial charge < -0.3 is 19.8 Å². The van der Waals surface area contributed by atoms with E-state index in [4.69, 9.17) is 14.5 Å². The third kappa shape index (κ3) is 7.17. The quantitative estimate of drug-likeness (QED) is 0.513. The molecular weight excluding hydrogens is 249 g/mol. The van der Waals surface area contributed by atoms with Gasteiger partial charge in [0.25, 0.3) is 0 Å². The van der Waals surface area contributed by atoms with Gasteiger partial charge in [0.1, 0.15) is 0 Å². The minimum atomic E-state index is -0.859. The van der Waals surface area contributed by atoms with Crippen LogP contribution in [-0.4, -0.2) is 49.7 Å². The zero-order valence-corrected chi connectivity index (χ0v) is 11.4.